The number of carbonyl (C=O) groups excluding carboxylic acids is 3. The van der Waals surface area contributed by atoms with E-state index in [9.17, 15) is 14.4 Å². The molecule has 1 N–H and O–H groups in total. The van der Waals surface area contributed by atoms with E-state index in [4.69, 9.17) is 16.3 Å². The van der Waals surface area contributed by atoms with Gasteiger partial charge in [-0.15, -0.1) is 11.8 Å². The third kappa shape index (κ3) is 5.86. The topological polar surface area (TPSA) is 75.7 Å². The molecule has 1 aliphatic rings. The van der Waals surface area contributed by atoms with Crippen LogP contribution in [0.15, 0.2) is 66.7 Å². The molecule has 35 heavy (non-hydrogen) atoms. The van der Waals surface area contributed by atoms with Crippen LogP contribution in [-0.4, -0.2) is 35.0 Å². The molecule has 2 amide bonds. The minimum atomic E-state index is -0.391. The van der Waals surface area contributed by atoms with Crippen molar-refractivity contribution in [1.82, 2.24) is 4.90 Å². The number of aryl methyl sites for hydroxylation is 1. The van der Waals surface area contributed by atoms with Crippen molar-refractivity contribution >= 4 is 46.8 Å². The Kier molecular flexibility index (Phi) is 7.78. The molecule has 6 nitrogen and oxygen atoms in total. The molecule has 3 aromatic rings. The molecule has 0 radical (unpaired) electrons. The van der Waals surface area contributed by atoms with Gasteiger partial charge in [0.2, 0.25) is 5.91 Å². The van der Waals surface area contributed by atoms with Crippen LogP contribution in [0.3, 0.4) is 0 Å². The molecular formula is C27H25ClN2O4S. The second kappa shape index (κ2) is 11.0. The maximum absolute atomic E-state index is 12.8. The number of esters is 1. The molecule has 0 unspecified atom stereocenters. The normalized spacial score (nSPS) is 15.2. The maximum atomic E-state index is 12.8. The highest BCUT2D eigenvalue weighted by Gasteiger charge is 2.32. The third-order valence-corrected chi connectivity index (χ3v) is 7.19. The van der Waals surface area contributed by atoms with E-state index in [0.717, 1.165) is 16.7 Å². The number of hydrogen-bond donors (Lipinski definition) is 1. The van der Waals surface area contributed by atoms with Crippen molar-refractivity contribution in [2.24, 2.45) is 0 Å². The Bertz CT molecular complexity index is 1250. The Labute approximate surface area is 213 Å². The van der Waals surface area contributed by atoms with Gasteiger partial charge in [-0.2, -0.15) is 0 Å². The summed E-state index contributed by atoms with van der Waals surface area (Å²) in [6.07, 6.45) is 0. The molecule has 8 heteroatoms. The second-order valence-electron chi connectivity index (χ2n) is 8.14. The number of nitrogens with zero attached hydrogens (tertiary/aromatic N) is 1. The summed E-state index contributed by atoms with van der Waals surface area (Å²) in [6.45, 7) is 4.38. The van der Waals surface area contributed by atoms with Crippen LogP contribution in [-0.2, 0) is 16.1 Å². The van der Waals surface area contributed by atoms with Crippen LogP contribution in [0.2, 0.25) is 5.02 Å². The highest BCUT2D eigenvalue weighted by molar-refractivity contribution is 8.00. The largest absolute Gasteiger partial charge is 0.462 e. The molecule has 0 aliphatic carbocycles. The summed E-state index contributed by atoms with van der Waals surface area (Å²) < 4.78 is 5.02. The number of nitrogens with one attached hydrogen (secondary N) is 1. The molecule has 1 fully saturated rings. The summed E-state index contributed by atoms with van der Waals surface area (Å²) in [5, 5.41) is 3.44. The fourth-order valence-corrected chi connectivity index (χ4v) is 5.14. The van der Waals surface area contributed by atoms with Gasteiger partial charge in [0.25, 0.3) is 5.91 Å². The van der Waals surface area contributed by atoms with Crippen molar-refractivity contribution < 1.29 is 19.1 Å². The van der Waals surface area contributed by atoms with Gasteiger partial charge in [-0.1, -0.05) is 35.9 Å². The van der Waals surface area contributed by atoms with E-state index in [1.165, 1.54) is 0 Å². The Morgan fingerprint density at radius 2 is 1.74 bits per heavy atom. The van der Waals surface area contributed by atoms with Crippen LogP contribution >= 0.6 is 23.4 Å². The number of halogens is 1. The zero-order valence-electron chi connectivity index (χ0n) is 19.4. The lowest BCUT2D eigenvalue weighted by molar-refractivity contribution is -0.128. The van der Waals surface area contributed by atoms with Gasteiger partial charge in [0.1, 0.15) is 5.37 Å². The Hall–Kier alpha value is -3.29. The standard InChI is InChI=1S/C27H25ClN2O4S/c1-3-34-27(33)21-10-13-23(17(2)14-21)29-25(32)19-6-8-20(9-7-19)26-30(24(31)16-35-26)15-18-4-11-22(28)12-5-18/h4-14,26H,3,15-16H2,1-2H3,(H,29,32)/t26-/m1/s1. The second-order valence-corrected chi connectivity index (χ2v) is 9.64. The highest BCUT2D eigenvalue weighted by Crippen LogP contribution is 2.39. The van der Waals surface area contributed by atoms with Crippen LogP contribution in [0.5, 0.6) is 0 Å². The van der Waals surface area contributed by atoms with E-state index >= 15 is 0 Å². The fourth-order valence-electron chi connectivity index (χ4n) is 3.83. The minimum absolute atomic E-state index is 0.0820. The van der Waals surface area contributed by atoms with Crippen molar-refractivity contribution in [3.8, 4) is 0 Å². The van der Waals surface area contributed by atoms with Crippen molar-refractivity contribution in [3.05, 3.63) is 99.6 Å². The molecule has 1 heterocycles. The monoisotopic (exact) mass is 508 g/mol. The van der Waals surface area contributed by atoms with E-state index < -0.39 is 5.97 Å². The van der Waals surface area contributed by atoms with Crippen LogP contribution in [0.4, 0.5) is 5.69 Å². The number of carbonyl (C=O) groups is 3. The number of hydrogen-bond acceptors (Lipinski definition) is 5. The molecule has 1 atom stereocenters. The molecular weight excluding hydrogens is 484 g/mol. The number of rotatable bonds is 7. The molecule has 0 saturated carbocycles. The van der Waals surface area contributed by atoms with Gasteiger partial charge in [0.15, 0.2) is 0 Å². The lowest BCUT2D eigenvalue weighted by Crippen LogP contribution is -2.27. The number of ether oxygens (including phenoxy) is 1. The average Bonchev–Trinajstić information content (AvgIpc) is 3.21. The van der Waals surface area contributed by atoms with E-state index in [1.807, 2.05) is 48.2 Å². The van der Waals surface area contributed by atoms with E-state index in [2.05, 4.69) is 5.32 Å². The molecule has 0 aromatic heterocycles. The zero-order chi connectivity index (χ0) is 24.9. The molecule has 1 saturated heterocycles. The van der Waals surface area contributed by atoms with Gasteiger partial charge in [-0.25, -0.2) is 4.79 Å². The summed E-state index contributed by atoms with van der Waals surface area (Å²) in [7, 11) is 0. The Morgan fingerprint density at radius 1 is 1.06 bits per heavy atom. The summed E-state index contributed by atoms with van der Waals surface area (Å²) in [5.41, 5.74) is 4.30. The van der Waals surface area contributed by atoms with Gasteiger partial charge in [-0.05, 0) is 73.0 Å². The number of benzene rings is 3. The van der Waals surface area contributed by atoms with Gasteiger partial charge < -0.3 is 15.0 Å². The van der Waals surface area contributed by atoms with Crippen molar-refractivity contribution in [1.29, 1.82) is 0 Å². The first-order chi connectivity index (χ1) is 16.9. The maximum Gasteiger partial charge on any atom is 0.338 e. The molecule has 180 valence electrons. The summed E-state index contributed by atoms with van der Waals surface area (Å²) in [4.78, 5) is 39.1. The summed E-state index contributed by atoms with van der Waals surface area (Å²) >= 11 is 7.55. The predicted octanol–water partition coefficient (Wildman–Crippen LogP) is 5.85. The van der Waals surface area contributed by atoms with Gasteiger partial charge in [0, 0.05) is 22.8 Å². The third-order valence-electron chi connectivity index (χ3n) is 5.68. The smallest absolute Gasteiger partial charge is 0.338 e. The molecule has 1 aliphatic heterocycles. The molecule has 0 spiro atoms. The van der Waals surface area contributed by atoms with Gasteiger partial charge in [-0.3, -0.25) is 9.59 Å². The van der Waals surface area contributed by atoms with Crippen molar-refractivity contribution in [3.63, 3.8) is 0 Å². The average molecular weight is 509 g/mol. The summed E-state index contributed by atoms with van der Waals surface area (Å²) in [6, 6.07) is 19.8. The van der Waals surface area contributed by atoms with E-state index in [1.54, 1.807) is 49.0 Å². The summed E-state index contributed by atoms with van der Waals surface area (Å²) in [5.74, 6) is -0.144. The molecule has 0 bridgehead atoms. The van der Waals surface area contributed by atoms with Crippen LogP contribution in [0.25, 0.3) is 0 Å². The number of thioether (sulfide) groups is 1. The minimum Gasteiger partial charge on any atom is -0.462 e. The first-order valence-corrected chi connectivity index (χ1v) is 12.6. The number of anilines is 1. The highest BCUT2D eigenvalue weighted by atomic mass is 35.5. The molecule has 4 rings (SSSR count). The van der Waals surface area contributed by atoms with Crippen LogP contribution in [0.1, 0.15) is 49.7 Å². The van der Waals surface area contributed by atoms with Crippen molar-refractivity contribution in [2.45, 2.75) is 25.8 Å². The Morgan fingerprint density at radius 3 is 2.40 bits per heavy atom. The fraction of sp³-hybridized carbons (Fsp3) is 0.222. The van der Waals surface area contributed by atoms with E-state index in [-0.39, 0.29) is 17.2 Å². The van der Waals surface area contributed by atoms with Crippen LogP contribution < -0.4 is 5.32 Å². The zero-order valence-corrected chi connectivity index (χ0v) is 21.0. The van der Waals surface area contributed by atoms with Gasteiger partial charge >= 0.3 is 5.97 Å². The van der Waals surface area contributed by atoms with Crippen LogP contribution in [0, 0.1) is 6.92 Å². The lowest BCUT2D eigenvalue weighted by atomic mass is 10.1. The SMILES string of the molecule is CCOC(=O)c1ccc(NC(=O)c2ccc([C@H]3SCC(=O)N3Cc3ccc(Cl)cc3)cc2)c(C)c1. The van der Waals surface area contributed by atoms with Gasteiger partial charge in [0.05, 0.1) is 17.9 Å². The first-order valence-electron chi connectivity index (χ1n) is 11.2. The number of amides is 2. The van der Waals surface area contributed by atoms with E-state index in [0.29, 0.717) is 40.7 Å². The Balaban J connectivity index is 1.44. The quantitative estimate of drug-likeness (QED) is 0.405. The predicted molar refractivity (Wildman–Crippen MR) is 139 cm³/mol. The molecule has 3 aromatic carbocycles. The first kappa shape index (κ1) is 24.8. The lowest BCUT2D eigenvalue weighted by Gasteiger charge is -2.24. The van der Waals surface area contributed by atoms with Crippen molar-refractivity contribution in [2.75, 3.05) is 17.7 Å².